The van der Waals surface area contributed by atoms with E-state index < -0.39 is 0 Å². The number of nitrogens with zero attached hydrogens (tertiary/aromatic N) is 2. The van der Waals surface area contributed by atoms with Crippen molar-refractivity contribution in [3.8, 4) is 0 Å². The van der Waals surface area contributed by atoms with Crippen LogP contribution in [-0.2, 0) is 16.0 Å². The summed E-state index contributed by atoms with van der Waals surface area (Å²) in [6, 6.07) is 14.3. The van der Waals surface area contributed by atoms with Crippen LogP contribution in [0.1, 0.15) is 5.56 Å². The summed E-state index contributed by atoms with van der Waals surface area (Å²) in [7, 11) is 1.96. The van der Waals surface area contributed by atoms with E-state index in [9.17, 15) is 4.79 Å². The van der Waals surface area contributed by atoms with E-state index in [1.807, 2.05) is 41.1 Å². The van der Waals surface area contributed by atoms with Gasteiger partial charge >= 0.3 is 0 Å². The lowest BCUT2D eigenvalue weighted by Gasteiger charge is -2.37. The van der Waals surface area contributed by atoms with Gasteiger partial charge in [-0.3, -0.25) is 4.79 Å². The average molecular weight is 342 g/mol. The summed E-state index contributed by atoms with van der Waals surface area (Å²) in [5, 5.41) is 11.4. The molecular weight excluding hydrogens is 316 g/mol. The number of carbonyl (C=O) groups is 1. The molecule has 25 heavy (non-hydrogen) atoms. The summed E-state index contributed by atoms with van der Waals surface area (Å²) in [5.74, 6) is 0.141. The SMILES string of the molecule is CN(CCO)C[C@H]1COCCN1C(=O)Cc1cccc2ccccc12. The van der Waals surface area contributed by atoms with E-state index in [4.69, 9.17) is 9.84 Å². The minimum absolute atomic E-state index is 0.0350. The molecule has 0 aliphatic carbocycles. The van der Waals surface area contributed by atoms with Crippen molar-refractivity contribution >= 4 is 16.7 Å². The highest BCUT2D eigenvalue weighted by Crippen LogP contribution is 2.20. The fraction of sp³-hybridized carbons (Fsp3) is 0.450. The van der Waals surface area contributed by atoms with Gasteiger partial charge in [-0.1, -0.05) is 42.5 Å². The molecule has 1 aliphatic heterocycles. The Morgan fingerprint density at radius 1 is 1.28 bits per heavy atom. The molecule has 5 heteroatoms. The number of aliphatic hydroxyl groups excluding tert-OH is 1. The van der Waals surface area contributed by atoms with Crippen molar-refractivity contribution in [1.82, 2.24) is 9.80 Å². The number of ether oxygens (including phenoxy) is 1. The highest BCUT2D eigenvalue weighted by Gasteiger charge is 2.28. The average Bonchev–Trinajstić information content (AvgIpc) is 2.62. The summed E-state index contributed by atoms with van der Waals surface area (Å²) in [6.07, 6.45) is 0.404. The van der Waals surface area contributed by atoms with Crippen LogP contribution in [0, 0.1) is 0 Å². The third-order valence-electron chi connectivity index (χ3n) is 4.77. The Morgan fingerprint density at radius 2 is 2.08 bits per heavy atom. The number of hydrogen-bond acceptors (Lipinski definition) is 4. The smallest absolute Gasteiger partial charge is 0.227 e. The first kappa shape index (κ1) is 17.9. The molecule has 1 N–H and O–H groups in total. The van der Waals surface area contributed by atoms with Gasteiger partial charge < -0.3 is 19.6 Å². The summed E-state index contributed by atoms with van der Waals surface area (Å²) in [5.41, 5.74) is 1.07. The molecule has 0 bridgehead atoms. The monoisotopic (exact) mass is 342 g/mol. The van der Waals surface area contributed by atoms with Gasteiger partial charge in [0.1, 0.15) is 0 Å². The predicted molar refractivity (Wildman–Crippen MR) is 98.6 cm³/mol. The molecule has 1 aliphatic rings. The minimum Gasteiger partial charge on any atom is -0.395 e. The third-order valence-corrected chi connectivity index (χ3v) is 4.77. The van der Waals surface area contributed by atoms with Gasteiger partial charge in [0, 0.05) is 19.6 Å². The molecule has 134 valence electrons. The van der Waals surface area contributed by atoms with Gasteiger partial charge in [-0.15, -0.1) is 0 Å². The lowest BCUT2D eigenvalue weighted by atomic mass is 10.0. The standard InChI is InChI=1S/C20H26N2O3/c1-21(9-11-23)14-18-15-25-12-10-22(18)20(24)13-17-7-4-6-16-5-2-3-8-19(16)17/h2-8,18,23H,9-15H2,1H3/t18-/m0/s1. The van der Waals surface area contributed by atoms with Crippen molar-refractivity contribution in [3.05, 3.63) is 48.0 Å². The first-order chi connectivity index (χ1) is 12.2. The van der Waals surface area contributed by atoms with E-state index in [0.717, 1.165) is 16.3 Å². The Kier molecular flexibility index (Phi) is 6.02. The largest absolute Gasteiger partial charge is 0.395 e. The van der Waals surface area contributed by atoms with Crippen molar-refractivity contribution in [2.45, 2.75) is 12.5 Å². The maximum absolute atomic E-state index is 13.0. The second-order valence-electron chi connectivity index (χ2n) is 6.62. The van der Waals surface area contributed by atoms with Gasteiger partial charge in [-0.05, 0) is 23.4 Å². The molecule has 1 saturated heterocycles. The fourth-order valence-corrected chi connectivity index (χ4v) is 3.47. The lowest BCUT2D eigenvalue weighted by molar-refractivity contribution is -0.139. The molecule has 0 saturated carbocycles. The Morgan fingerprint density at radius 3 is 2.92 bits per heavy atom. The molecule has 0 spiro atoms. The van der Waals surface area contributed by atoms with Crippen LogP contribution >= 0.6 is 0 Å². The van der Waals surface area contributed by atoms with Crippen LogP contribution < -0.4 is 0 Å². The normalized spacial score (nSPS) is 18.0. The summed E-state index contributed by atoms with van der Waals surface area (Å²) < 4.78 is 5.58. The van der Waals surface area contributed by atoms with Crippen LogP contribution in [-0.4, -0.2) is 73.4 Å². The number of benzene rings is 2. The summed E-state index contributed by atoms with van der Waals surface area (Å²) in [4.78, 5) is 16.9. The zero-order chi connectivity index (χ0) is 17.6. The Balaban J connectivity index is 1.73. The number of morpholine rings is 1. The Labute approximate surface area is 148 Å². The number of carbonyl (C=O) groups excluding carboxylic acids is 1. The highest BCUT2D eigenvalue weighted by molar-refractivity contribution is 5.90. The number of hydrogen-bond donors (Lipinski definition) is 1. The van der Waals surface area contributed by atoms with Crippen molar-refractivity contribution in [2.75, 3.05) is 46.5 Å². The second kappa shape index (κ2) is 8.43. The molecule has 0 radical (unpaired) electrons. The fourth-order valence-electron chi connectivity index (χ4n) is 3.47. The van der Waals surface area contributed by atoms with Crippen LogP contribution in [0.15, 0.2) is 42.5 Å². The molecule has 2 aromatic carbocycles. The predicted octanol–water partition coefficient (Wildman–Crippen LogP) is 1.53. The molecule has 3 rings (SSSR count). The molecule has 1 fully saturated rings. The quantitative estimate of drug-likeness (QED) is 0.865. The Bertz CT molecular complexity index is 714. The van der Waals surface area contributed by atoms with Gasteiger partial charge in [0.25, 0.3) is 0 Å². The summed E-state index contributed by atoms with van der Waals surface area (Å²) in [6.45, 7) is 3.19. The third kappa shape index (κ3) is 4.37. The summed E-state index contributed by atoms with van der Waals surface area (Å²) >= 11 is 0. The second-order valence-corrected chi connectivity index (χ2v) is 6.62. The number of aliphatic hydroxyl groups is 1. The van der Waals surface area contributed by atoms with E-state index >= 15 is 0 Å². The zero-order valence-electron chi connectivity index (χ0n) is 14.7. The van der Waals surface area contributed by atoms with E-state index in [-0.39, 0.29) is 18.6 Å². The molecule has 0 aromatic heterocycles. The van der Waals surface area contributed by atoms with Gasteiger partial charge in [-0.25, -0.2) is 0 Å². The first-order valence-corrected chi connectivity index (χ1v) is 8.82. The van der Waals surface area contributed by atoms with Crippen LogP contribution in [0.2, 0.25) is 0 Å². The minimum atomic E-state index is 0.0350. The molecule has 0 unspecified atom stereocenters. The molecule has 5 nitrogen and oxygen atoms in total. The van der Waals surface area contributed by atoms with E-state index in [1.165, 1.54) is 0 Å². The molecule has 1 atom stereocenters. The van der Waals surface area contributed by atoms with Crippen LogP contribution in [0.5, 0.6) is 0 Å². The first-order valence-electron chi connectivity index (χ1n) is 8.82. The molecule has 1 heterocycles. The van der Waals surface area contributed by atoms with E-state index in [0.29, 0.717) is 39.3 Å². The molecule has 2 aromatic rings. The van der Waals surface area contributed by atoms with Crippen LogP contribution in [0.4, 0.5) is 0 Å². The van der Waals surface area contributed by atoms with Crippen LogP contribution in [0.25, 0.3) is 10.8 Å². The maximum Gasteiger partial charge on any atom is 0.227 e. The van der Waals surface area contributed by atoms with Crippen molar-refractivity contribution in [3.63, 3.8) is 0 Å². The van der Waals surface area contributed by atoms with E-state index in [2.05, 4.69) is 18.2 Å². The number of amides is 1. The van der Waals surface area contributed by atoms with Gasteiger partial charge in [-0.2, -0.15) is 0 Å². The highest BCUT2D eigenvalue weighted by atomic mass is 16.5. The Hall–Kier alpha value is -1.95. The topological polar surface area (TPSA) is 53.0 Å². The van der Waals surface area contributed by atoms with E-state index in [1.54, 1.807) is 0 Å². The van der Waals surface area contributed by atoms with Crippen molar-refractivity contribution in [2.24, 2.45) is 0 Å². The maximum atomic E-state index is 13.0. The van der Waals surface area contributed by atoms with Gasteiger partial charge in [0.05, 0.1) is 32.3 Å². The van der Waals surface area contributed by atoms with Crippen molar-refractivity contribution < 1.29 is 14.6 Å². The van der Waals surface area contributed by atoms with Gasteiger partial charge in [0.15, 0.2) is 0 Å². The zero-order valence-corrected chi connectivity index (χ0v) is 14.7. The molecule has 1 amide bonds. The number of fused-ring (bicyclic) bond motifs is 1. The van der Waals surface area contributed by atoms with Gasteiger partial charge in [0.2, 0.25) is 5.91 Å². The molecular formula is C20H26N2O3. The number of likely N-dealkylation sites (N-methyl/N-ethyl adjacent to an activating group) is 1. The van der Waals surface area contributed by atoms with Crippen LogP contribution in [0.3, 0.4) is 0 Å². The number of rotatable bonds is 6. The lowest BCUT2D eigenvalue weighted by Crippen LogP contribution is -2.53. The van der Waals surface area contributed by atoms with Crippen molar-refractivity contribution in [1.29, 1.82) is 0 Å².